The summed E-state index contributed by atoms with van der Waals surface area (Å²) in [5.41, 5.74) is 4.45. The molecule has 0 aliphatic heterocycles. The minimum absolute atomic E-state index is 0.184. The number of halogens is 3. The molecule has 0 heterocycles. The lowest BCUT2D eigenvalue weighted by Crippen LogP contribution is -2.24. The van der Waals surface area contributed by atoms with Crippen LogP contribution in [0.2, 0.25) is 0 Å². The third-order valence-electron chi connectivity index (χ3n) is 4.11. The maximum atomic E-state index is 12.7. The Labute approximate surface area is 215 Å². The number of amides is 1. The predicted molar refractivity (Wildman–Crippen MR) is 138 cm³/mol. The van der Waals surface area contributed by atoms with Crippen LogP contribution in [0.4, 0.5) is 0 Å². The van der Waals surface area contributed by atoms with Crippen LogP contribution in [-0.4, -0.2) is 24.7 Å². The molecule has 0 fully saturated rings. The lowest BCUT2D eigenvalue weighted by atomic mass is 10.2. The number of hydrogen-bond acceptors (Lipinski definition) is 5. The summed E-state index contributed by atoms with van der Waals surface area (Å²) in [7, 11) is 0. The molecule has 0 spiro atoms. The van der Waals surface area contributed by atoms with Gasteiger partial charge in [0.25, 0.3) is 5.91 Å². The van der Waals surface area contributed by atoms with Gasteiger partial charge >= 0.3 is 5.97 Å². The number of ether oxygens (including phenoxy) is 2. The number of carbonyl (C=O) groups is 2. The number of nitrogens with zero attached hydrogens (tertiary/aromatic N) is 1. The Morgan fingerprint density at radius 2 is 1.81 bits per heavy atom. The number of esters is 1. The summed E-state index contributed by atoms with van der Waals surface area (Å²) in [5.74, 6) is -0.0429. The van der Waals surface area contributed by atoms with E-state index in [-0.39, 0.29) is 12.4 Å². The van der Waals surface area contributed by atoms with Crippen LogP contribution in [0.1, 0.15) is 21.5 Å². The van der Waals surface area contributed by atoms with Crippen molar-refractivity contribution in [2.45, 2.75) is 6.92 Å². The van der Waals surface area contributed by atoms with Gasteiger partial charge in [-0.25, -0.2) is 10.2 Å². The fourth-order valence-corrected chi connectivity index (χ4v) is 4.49. The quantitative estimate of drug-likeness (QED) is 0.112. The van der Waals surface area contributed by atoms with Crippen molar-refractivity contribution in [1.29, 1.82) is 0 Å². The molecule has 1 N–H and O–H groups in total. The highest BCUT2D eigenvalue weighted by molar-refractivity contribution is 14.1. The van der Waals surface area contributed by atoms with E-state index in [2.05, 4.69) is 65.0 Å². The lowest BCUT2D eigenvalue weighted by Gasteiger charge is -2.11. The van der Waals surface area contributed by atoms with E-state index < -0.39 is 11.9 Å². The SMILES string of the molecule is Cc1ccc(OCC(=O)N/N=C/c2cc(Br)cc(Br)c2OC(=O)c2ccccc2I)cc1. The summed E-state index contributed by atoms with van der Waals surface area (Å²) in [5, 5.41) is 3.97. The molecule has 0 aliphatic carbocycles. The fourth-order valence-electron chi connectivity index (χ4n) is 2.55. The number of hydrogen-bond donors (Lipinski definition) is 1. The van der Waals surface area contributed by atoms with Crippen LogP contribution >= 0.6 is 54.5 Å². The highest BCUT2D eigenvalue weighted by atomic mass is 127. The van der Waals surface area contributed by atoms with Gasteiger partial charge in [0.1, 0.15) is 5.75 Å². The lowest BCUT2D eigenvalue weighted by molar-refractivity contribution is -0.123. The summed E-state index contributed by atoms with van der Waals surface area (Å²) in [6.45, 7) is 1.79. The summed E-state index contributed by atoms with van der Waals surface area (Å²) in [6, 6.07) is 18.0. The predicted octanol–water partition coefficient (Wildman–Crippen LogP) is 5.87. The minimum atomic E-state index is -0.497. The molecule has 9 heteroatoms. The summed E-state index contributed by atoms with van der Waals surface area (Å²) in [4.78, 5) is 24.7. The first kappa shape index (κ1) is 24.4. The number of nitrogens with one attached hydrogen (secondary N) is 1. The van der Waals surface area contributed by atoms with Crippen LogP contribution in [0, 0.1) is 10.5 Å². The van der Waals surface area contributed by atoms with Gasteiger partial charge in [-0.2, -0.15) is 5.10 Å². The van der Waals surface area contributed by atoms with Gasteiger partial charge in [-0.05, 0) is 81.8 Å². The topological polar surface area (TPSA) is 77.0 Å². The standard InChI is InChI=1S/C23H17Br2IN2O4/c1-14-6-8-17(9-7-14)31-13-21(29)28-27-12-15-10-16(24)11-19(25)22(15)32-23(30)18-4-2-3-5-20(18)26/h2-12H,13H2,1H3,(H,28,29)/b27-12+. The minimum Gasteiger partial charge on any atom is -0.484 e. The molecule has 3 aromatic rings. The van der Waals surface area contributed by atoms with Crippen molar-refractivity contribution >= 4 is 72.5 Å². The molecule has 32 heavy (non-hydrogen) atoms. The largest absolute Gasteiger partial charge is 0.484 e. The molecule has 1 amide bonds. The van der Waals surface area contributed by atoms with Gasteiger partial charge in [0, 0.05) is 13.6 Å². The molecule has 164 valence electrons. The molecule has 0 saturated carbocycles. The molecule has 0 aromatic heterocycles. The van der Waals surface area contributed by atoms with E-state index in [1.54, 1.807) is 36.4 Å². The van der Waals surface area contributed by atoms with Crippen LogP contribution in [0.25, 0.3) is 0 Å². The zero-order valence-electron chi connectivity index (χ0n) is 16.8. The number of benzene rings is 3. The summed E-state index contributed by atoms with van der Waals surface area (Å²) >= 11 is 8.90. The zero-order chi connectivity index (χ0) is 23.1. The van der Waals surface area contributed by atoms with Crippen molar-refractivity contribution in [3.05, 3.63) is 89.9 Å². The van der Waals surface area contributed by atoms with Gasteiger partial charge in [0.05, 0.1) is 16.3 Å². The molecule has 0 atom stereocenters. The zero-order valence-corrected chi connectivity index (χ0v) is 22.1. The van der Waals surface area contributed by atoms with Crippen molar-refractivity contribution in [2.24, 2.45) is 5.10 Å². The van der Waals surface area contributed by atoms with Gasteiger partial charge < -0.3 is 9.47 Å². The summed E-state index contributed by atoms with van der Waals surface area (Å²) < 4.78 is 13.1. The first-order chi connectivity index (χ1) is 15.3. The van der Waals surface area contributed by atoms with Crippen LogP contribution in [-0.2, 0) is 4.79 Å². The van der Waals surface area contributed by atoms with E-state index in [4.69, 9.17) is 9.47 Å². The van der Waals surface area contributed by atoms with Crippen LogP contribution in [0.5, 0.6) is 11.5 Å². The molecule has 3 aromatic carbocycles. The Morgan fingerprint density at radius 3 is 2.53 bits per heavy atom. The Balaban J connectivity index is 1.68. The van der Waals surface area contributed by atoms with E-state index >= 15 is 0 Å². The smallest absolute Gasteiger partial charge is 0.344 e. The molecule has 0 unspecified atom stereocenters. The maximum Gasteiger partial charge on any atom is 0.344 e. The Kier molecular flexibility index (Phi) is 8.83. The molecule has 0 saturated heterocycles. The second-order valence-electron chi connectivity index (χ2n) is 6.57. The van der Waals surface area contributed by atoms with E-state index in [9.17, 15) is 9.59 Å². The van der Waals surface area contributed by atoms with Crippen LogP contribution in [0.15, 0.2) is 74.7 Å². The average molecular weight is 672 g/mol. The maximum absolute atomic E-state index is 12.7. The second-order valence-corrected chi connectivity index (χ2v) is 9.50. The van der Waals surface area contributed by atoms with Crippen molar-refractivity contribution in [1.82, 2.24) is 5.43 Å². The fraction of sp³-hybridized carbons (Fsp3) is 0.0870. The molecular formula is C23H17Br2IN2O4. The van der Waals surface area contributed by atoms with Gasteiger partial charge in [-0.3, -0.25) is 4.79 Å². The van der Waals surface area contributed by atoms with Crippen molar-refractivity contribution < 1.29 is 19.1 Å². The Morgan fingerprint density at radius 1 is 1.09 bits per heavy atom. The normalized spacial score (nSPS) is 10.8. The molecule has 3 rings (SSSR count). The Bertz CT molecular complexity index is 1170. The highest BCUT2D eigenvalue weighted by Gasteiger charge is 2.17. The Hall–Kier alpha value is -2.24. The molecule has 6 nitrogen and oxygen atoms in total. The molecule has 0 radical (unpaired) electrons. The third-order valence-corrected chi connectivity index (χ3v) is 6.10. The van der Waals surface area contributed by atoms with E-state index in [1.807, 2.05) is 31.2 Å². The van der Waals surface area contributed by atoms with Gasteiger partial charge in [-0.1, -0.05) is 45.8 Å². The van der Waals surface area contributed by atoms with Gasteiger partial charge in [0.2, 0.25) is 0 Å². The van der Waals surface area contributed by atoms with Crippen LogP contribution < -0.4 is 14.9 Å². The monoisotopic (exact) mass is 670 g/mol. The van der Waals surface area contributed by atoms with E-state index in [0.29, 0.717) is 21.3 Å². The third kappa shape index (κ3) is 6.88. The van der Waals surface area contributed by atoms with Gasteiger partial charge in [-0.15, -0.1) is 0 Å². The first-order valence-corrected chi connectivity index (χ1v) is 12.0. The number of hydrazone groups is 1. The average Bonchev–Trinajstić information content (AvgIpc) is 2.76. The van der Waals surface area contributed by atoms with Crippen LogP contribution in [0.3, 0.4) is 0 Å². The van der Waals surface area contributed by atoms with E-state index in [1.165, 1.54) is 6.21 Å². The second kappa shape index (κ2) is 11.6. The van der Waals surface area contributed by atoms with Gasteiger partial charge in [0.15, 0.2) is 12.4 Å². The van der Waals surface area contributed by atoms with Crippen molar-refractivity contribution in [3.8, 4) is 11.5 Å². The highest BCUT2D eigenvalue weighted by Crippen LogP contribution is 2.33. The summed E-state index contributed by atoms with van der Waals surface area (Å²) in [6.07, 6.45) is 1.40. The number of carbonyl (C=O) groups excluding carboxylic acids is 2. The number of rotatable bonds is 7. The molecular weight excluding hydrogens is 655 g/mol. The van der Waals surface area contributed by atoms with Crippen molar-refractivity contribution in [3.63, 3.8) is 0 Å². The number of aryl methyl sites for hydroxylation is 1. The first-order valence-electron chi connectivity index (χ1n) is 9.30. The molecule has 0 aliphatic rings. The molecule has 0 bridgehead atoms. The van der Waals surface area contributed by atoms with E-state index in [0.717, 1.165) is 13.6 Å². The van der Waals surface area contributed by atoms with Crippen molar-refractivity contribution in [2.75, 3.05) is 6.61 Å².